The number of aromatic nitrogens is 3. The quantitative estimate of drug-likeness (QED) is 0.888. The number of hydrogen-bond donors (Lipinski definition) is 1. The molecule has 0 aliphatic carbocycles. The highest BCUT2D eigenvalue weighted by Crippen LogP contribution is 2.14. The molecule has 2 aromatic heterocycles. The molecule has 0 bridgehead atoms. The van der Waals surface area contributed by atoms with Gasteiger partial charge in [0.25, 0.3) is 0 Å². The number of anilines is 3. The van der Waals surface area contributed by atoms with Crippen LogP contribution < -0.4 is 15.1 Å². The number of piperazine rings is 1. The van der Waals surface area contributed by atoms with E-state index in [1.807, 2.05) is 31.3 Å². The second-order valence-electron chi connectivity index (χ2n) is 6.30. The number of rotatable bonds is 5. The molecule has 1 N–H and O–H groups in total. The van der Waals surface area contributed by atoms with Crippen LogP contribution in [0, 0.1) is 0 Å². The fourth-order valence-corrected chi connectivity index (χ4v) is 2.61. The van der Waals surface area contributed by atoms with Crippen LogP contribution in [-0.4, -0.2) is 67.2 Å². The van der Waals surface area contributed by atoms with Crippen molar-refractivity contribution in [2.24, 2.45) is 0 Å². The van der Waals surface area contributed by atoms with Gasteiger partial charge in [-0.05, 0) is 24.7 Å². The topological polar surface area (TPSA) is 60.4 Å². The highest BCUT2D eigenvalue weighted by atomic mass is 15.3. The smallest absolute Gasteiger partial charge is 0.224 e. The molecule has 0 amide bonds. The Kier molecular flexibility index (Phi) is 5.10. The molecule has 0 atom stereocenters. The van der Waals surface area contributed by atoms with Gasteiger partial charge in [0.1, 0.15) is 11.6 Å². The third-order valence-electron chi connectivity index (χ3n) is 4.19. The molecule has 1 aliphatic rings. The lowest BCUT2D eigenvalue weighted by Gasteiger charge is -2.33. The zero-order valence-electron chi connectivity index (χ0n) is 14.6. The van der Waals surface area contributed by atoms with E-state index >= 15 is 0 Å². The predicted molar refractivity (Wildman–Crippen MR) is 97.6 cm³/mol. The summed E-state index contributed by atoms with van der Waals surface area (Å²) in [6.45, 7) is 4.90. The predicted octanol–water partition coefficient (Wildman–Crippen LogP) is 1.30. The highest BCUT2D eigenvalue weighted by molar-refractivity contribution is 5.42. The molecule has 1 saturated heterocycles. The Morgan fingerprint density at radius 1 is 1.08 bits per heavy atom. The summed E-state index contributed by atoms with van der Waals surface area (Å²) >= 11 is 0. The van der Waals surface area contributed by atoms with Crippen molar-refractivity contribution in [2.45, 2.75) is 6.54 Å². The van der Waals surface area contributed by atoms with Crippen molar-refractivity contribution in [1.82, 2.24) is 19.9 Å². The van der Waals surface area contributed by atoms with Crippen molar-refractivity contribution < 1.29 is 0 Å². The van der Waals surface area contributed by atoms with Gasteiger partial charge >= 0.3 is 0 Å². The summed E-state index contributed by atoms with van der Waals surface area (Å²) in [5.74, 6) is 2.57. The molecule has 1 aliphatic heterocycles. The monoisotopic (exact) mass is 327 g/mol. The molecule has 24 heavy (non-hydrogen) atoms. The van der Waals surface area contributed by atoms with Crippen molar-refractivity contribution in [3.63, 3.8) is 0 Å². The molecule has 0 aromatic carbocycles. The zero-order valence-corrected chi connectivity index (χ0v) is 14.6. The van der Waals surface area contributed by atoms with Gasteiger partial charge in [-0.1, -0.05) is 6.07 Å². The zero-order chi connectivity index (χ0) is 16.9. The summed E-state index contributed by atoms with van der Waals surface area (Å²) in [7, 11) is 6.09. The standard InChI is InChI=1S/C17H25N7/c1-22(2)16-6-7-18-17(21-16)20-13-14-4-5-15(19-12-14)24-10-8-23(3)9-11-24/h4-7,12H,8-11,13H2,1-3H3,(H,18,20,21). The maximum absolute atomic E-state index is 4.60. The SMILES string of the molecule is CN1CCN(c2ccc(CNc3nccc(N(C)C)n3)cn2)CC1. The van der Waals surface area contributed by atoms with E-state index < -0.39 is 0 Å². The number of nitrogens with zero attached hydrogens (tertiary/aromatic N) is 6. The van der Waals surface area contributed by atoms with Gasteiger partial charge in [0.05, 0.1) is 0 Å². The van der Waals surface area contributed by atoms with Crippen molar-refractivity contribution in [3.05, 3.63) is 36.2 Å². The van der Waals surface area contributed by atoms with Gasteiger partial charge in [0.2, 0.25) is 5.95 Å². The van der Waals surface area contributed by atoms with Gasteiger partial charge in [0, 0.05) is 59.2 Å². The third-order valence-corrected chi connectivity index (χ3v) is 4.19. The lowest BCUT2D eigenvalue weighted by molar-refractivity contribution is 0.312. The maximum Gasteiger partial charge on any atom is 0.224 e. The van der Waals surface area contributed by atoms with E-state index in [1.165, 1.54) is 0 Å². The molecule has 0 unspecified atom stereocenters. The number of hydrogen-bond acceptors (Lipinski definition) is 7. The Morgan fingerprint density at radius 2 is 1.88 bits per heavy atom. The molecule has 0 saturated carbocycles. The van der Waals surface area contributed by atoms with Crippen LogP contribution in [0.1, 0.15) is 5.56 Å². The summed E-state index contributed by atoms with van der Waals surface area (Å²) < 4.78 is 0. The van der Waals surface area contributed by atoms with E-state index in [9.17, 15) is 0 Å². The van der Waals surface area contributed by atoms with E-state index in [4.69, 9.17) is 0 Å². The van der Waals surface area contributed by atoms with Gasteiger partial charge < -0.3 is 20.0 Å². The normalized spacial score (nSPS) is 15.4. The van der Waals surface area contributed by atoms with Gasteiger partial charge in [-0.15, -0.1) is 0 Å². The molecular weight excluding hydrogens is 302 g/mol. The van der Waals surface area contributed by atoms with Crippen LogP contribution in [0.3, 0.4) is 0 Å². The first-order chi connectivity index (χ1) is 11.6. The van der Waals surface area contributed by atoms with Crippen molar-refractivity contribution in [2.75, 3.05) is 62.4 Å². The Balaban J connectivity index is 1.57. The molecular formula is C17H25N7. The summed E-state index contributed by atoms with van der Waals surface area (Å²) in [4.78, 5) is 19.9. The van der Waals surface area contributed by atoms with E-state index in [0.29, 0.717) is 12.5 Å². The molecule has 1 fully saturated rings. The largest absolute Gasteiger partial charge is 0.363 e. The minimum absolute atomic E-state index is 0.629. The molecule has 2 aromatic rings. The van der Waals surface area contributed by atoms with E-state index in [-0.39, 0.29) is 0 Å². The molecule has 3 heterocycles. The second-order valence-corrected chi connectivity index (χ2v) is 6.30. The fraction of sp³-hybridized carbons (Fsp3) is 0.471. The van der Waals surface area contributed by atoms with Crippen molar-refractivity contribution in [1.29, 1.82) is 0 Å². The van der Waals surface area contributed by atoms with Gasteiger partial charge in [-0.2, -0.15) is 4.98 Å². The average molecular weight is 327 g/mol. The second kappa shape index (κ2) is 7.44. The van der Waals surface area contributed by atoms with Gasteiger partial charge in [-0.25, -0.2) is 9.97 Å². The Hall–Kier alpha value is -2.41. The highest BCUT2D eigenvalue weighted by Gasteiger charge is 2.14. The van der Waals surface area contributed by atoms with E-state index in [1.54, 1.807) is 6.20 Å². The van der Waals surface area contributed by atoms with Crippen molar-refractivity contribution in [3.8, 4) is 0 Å². The van der Waals surface area contributed by atoms with Crippen LogP contribution in [0.15, 0.2) is 30.6 Å². The molecule has 3 rings (SSSR count). The Morgan fingerprint density at radius 3 is 2.54 bits per heavy atom. The fourth-order valence-electron chi connectivity index (χ4n) is 2.61. The van der Waals surface area contributed by atoms with Crippen LogP contribution in [0.25, 0.3) is 0 Å². The van der Waals surface area contributed by atoms with Crippen molar-refractivity contribution >= 4 is 17.6 Å². The summed E-state index contributed by atoms with van der Waals surface area (Å²) in [5, 5.41) is 3.25. The number of pyridine rings is 1. The molecule has 0 spiro atoms. The summed E-state index contributed by atoms with van der Waals surface area (Å²) in [6, 6.07) is 6.10. The lowest BCUT2D eigenvalue weighted by atomic mass is 10.2. The molecule has 0 radical (unpaired) electrons. The Labute approximate surface area is 143 Å². The van der Waals surface area contributed by atoms with E-state index in [0.717, 1.165) is 43.4 Å². The summed E-state index contributed by atoms with van der Waals surface area (Å²) in [6.07, 6.45) is 3.69. The van der Waals surface area contributed by atoms with Gasteiger partial charge in [-0.3, -0.25) is 0 Å². The third kappa shape index (κ3) is 4.11. The maximum atomic E-state index is 4.60. The lowest BCUT2D eigenvalue weighted by Crippen LogP contribution is -2.44. The van der Waals surface area contributed by atoms with Crippen LogP contribution in [0.5, 0.6) is 0 Å². The molecule has 128 valence electrons. The molecule has 7 heteroatoms. The number of nitrogens with one attached hydrogen (secondary N) is 1. The number of likely N-dealkylation sites (N-methyl/N-ethyl adjacent to an activating group) is 1. The average Bonchev–Trinajstić information content (AvgIpc) is 2.61. The first-order valence-corrected chi connectivity index (χ1v) is 8.24. The minimum Gasteiger partial charge on any atom is -0.363 e. The van der Waals surface area contributed by atoms with E-state index in [2.05, 4.69) is 49.2 Å². The molecule has 7 nitrogen and oxygen atoms in total. The van der Waals surface area contributed by atoms with Crippen LogP contribution >= 0.6 is 0 Å². The van der Waals surface area contributed by atoms with Crippen LogP contribution in [0.4, 0.5) is 17.6 Å². The first kappa shape index (κ1) is 16.4. The first-order valence-electron chi connectivity index (χ1n) is 8.24. The Bertz CT molecular complexity index is 648. The van der Waals surface area contributed by atoms with Gasteiger partial charge in [0.15, 0.2) is 0 Å². The minimum atomic E-state index is 0.629. The van der Waals surface area contributed by atoms with Crippen LogP contribution in [-0.2, 0) is 6.54 Å². The summed E-state index contributed by atoms with van der Waals surface area (Å²) in [5.41, 5.74) is 1.12. The van der Waals surface area contributed by atoms with Crippen LogP contribution in [0.2, 0.25) is 0 Å².